The Balaban J connectivity index is 2.00. The fourth-order valence-electron chi connectivity index (χ4n) is 7.15. The average molecular weight is 809 g/mol. The number of carbonyl (C=O) groups excluding carboxylic acids is 3. The number of ether oxygens (including phenoxy) is 3. The van der Waals surface area contributed by atoms with Crippen molar-refractivity contribution in [1.29, 1.82) is 0 Å². The molecule has 0 aliphatic heterocycles. The number of aryl methyl sites for hydroxylation is 1. The van der Waals surface area contributed by atoms with Gasteiger partial charge in [-0.3, -0.25) is 9.59 Å². The normalized spacial score (nSPS) is 15.0. The van der Waals surface area contributed by atoms with Gasteiger partial charge in [0.1, 0.15) is 6.61 Å². The third kappa shape index (κ3) is 15.5. The van der Waals surface area contributed by atoms with Crippen LogP contribution in [0.4, 0.5) is 4.79 Å². The largest absolute Gasteiger partial charge is 0.445 e. The molecule has 5 unspecified atom stereocenters. The van der Waals surface area contributed by atoms with Crippen LogP contribution < -0.4 is 16.4 Å². The summed E-state index contributed by atoms with van der Waals surface area (Å²) < 4.78 is 17.5. The summed E-state index contributed by atoms with van der Waals surface area (Å²) in [4.78, 5) is 42.6. The molecule has 12 heteroatoms. The number of aliphatic hydroxyl groups is 1. The van der Waals surface area contributed by atoms with E-state index in [9.17, 15) is 19.5 Å². The summed E-state index contributed by atoms with van der Waals surface area (Å²) in [5.74, 6) is -1.49. The Hall–Kier alpha value is -3.71. The molecule has 0 aliphatic rings. The quantitative estimate of drug-likeness (QED) is 0.0431. The maximum absolute atomic E-state index is 13.6. The number of carbonyl (C=O) groups is 3. The van der Waals surface area contributed by atoms with Crippen LogP contribution in [0, 0.1) is 29.1 Å². The fraction of sp³-hybridized carbons (Fsp3) is 0.622. The number of alkyl carbamates (subject to hydrolysis) is 1. The van der Waals surface area contributed by atoms with Gasteiger partial charge >= 0.3 is 6.09 Å². The smallest absolute Gasteiger partial charge is 0.407 e. The molecule has 0 bridgehead atoms. The monoisotopic (exact) mass is 809 g/mol. The number of nitrogens with one attached hydrogen (secondary N) is 3. The fourth-order valence-corrected chi connectivity index (χ4v) is 7.91. The molecule has 6 N–H and O–H groups in total. The van der Waals surface area contributed by atoms with Crippen molar-refractivity contribution in [3.8, 4) is 0 Å². The molecule has 0 saturated carbocycles. The van der Waals surface area contributed by atoms with Gasteiger partial charge in [0.05, 0.1) is 24.2 Å². The first-order chi connectivity index (χ1) is 26.8. The lowest BCUT2D eigenvalue weighted by molar-refractivity contribution is -0.130. The highest BCUT2D eigenvalue weighted by molar-refractivity contribution is 6.76. The number of benzene rings is 2. The van der Waals surface area contributed by atoms with Gasteiger partial charge in [0.2, 0.25) is 11.8 Å². The predicted octanol–water partition coefficient (Wildman–Crippen LogP) is 7.79. The number of nitrogens with two attached hydrogens (primary N) is 1. The van der Waals surface area contributed by atoms with Crippen LogP contribution in [-0.2, 0) is 36.8 Å². The Morgan fingerprint density at radius 2 is 1.67 bits per heavy atom. The molecule has 318 valence electrons. The molecule has 0 spiro atoms. The number of methoxy groups -OCH3 is 1. The van der Waals surface area contributed by atoms with Gasteiger partial charge in [-0.2, -0.15) is 0 Å². The number of aromatic amines is 1. The molecule has 5 atom stereocenters. The first-order valence-electron chi connectivity index (χ1n) is 20.7. The SMILES string of the molecule is COCCCc1c[nH]c2ccc(C(COCC[Si](C)(C)C)C(CC(NC(=O)OCc3ccccc3)C(O)CC(C(=O)NCC(C)(C)C(N)=O)C(C)C)C(C)C)cc12. The molecule has 11 nitrogen and oxygen atoms in total. The van der Waals surface area contributed by atoms with Gasteiger partial charge < -0.3 is 40.7 Å². The third-order valence-corrected chi connectivity index (χ3v) is 12.9. The minimum absolute atomic E-state index is 0.0398. The maximum Gasteiger partial charge on any atom is 0.407 e. The number of aliphatic hydroxyl groups excluding tert-OH is 1. The summed E-state index contributed by atoms with van der Waals surface area (Å²) in [5, 5.41) is 19.2. The van der Waals surface area contributed by atoms with E-state index >= 15 is 0 Å². The van der Waals surface area contributed by atoms with Crippen molar-refractivity contribution in [1.82, 2.24) is 15.6 Å². The van der Waals surface area contributed by atoms with Crippen LogP contribution >= 0.6 is 0 Å². The highest BCUT2D eigenvalue weighted by Crippen LogP contribution is 2.37. The van der Waals surface area contributed by atoms with E-state index in [1.165, 1.54) is 10.9 Å². The molecular weight excluding hydrogens is 737 g/mol. The van der Waals surface area contributed by atoms with Gasteiger partial charge in [0, 0.05) is 63.9 Å². The van der Waals surface area contributed by atoms with Crippen LogP contribution in [0.25, 0.3) is 10.9 Å². The Morgan fingerprint density at radius 3 is 2.28 bits per heavy atom. The Kier molecular flexibility index (Phi) is 18.8. The van der Waals surface area contributed by atoms with Crippen molar-refractivity contribution in [3.05, 3.63) is 71.4 Å². The van der Waals surface area contributed by atoms with Crippen molar-refractivity contribution >= 4 is 36.9 Å². The lowest BCUT2D eigenvalue weighted by Crippen LogP contribution is -2.49. The molecule has 3 aromatic rings. The highest BCUT2D eigenvalue weighted by atomic mass is 28.3. The Labute approximate surface area is 342 Å². The number of hydrogen-bond acceptors (Lipinski definition) is 7. The van der Waals surface area contributed by atoms with Crippen LogP contribution in [0.2, 0.25) is 25.7 Å². The summed E-state index contributed by atoms with van der Waals surface area (Å²) >= 11 is 0. The second-order valence-electron chi connectivity index (χ2n) is 18.3. The first kappa shape index (κ1) is 47.7. The van der Waals surface area contributed by atoms with Gasteiger partial charge in [-0.05, 0) is 92.2 Å². The molecule has 57 heavy (non-hydrogen) atoms. The van der Waals surface area contributed by atoms with Gasteiger partial charge in [-0.1, -0.05) is 83.7 Å². The van der Waals surface area contributed by atoms with Gasteiger partial charge in [0.25, 0.3) is 0 Å². The number of fused-ring (bicyclic) bond motifs is 1. The molecule has 1 heterocycles. The Bertz CT molecular complexity index is 1690. The zero-order chi connectivity index (χ0) is 42.3. The molecule has 0 fully saturated rings. The molecule has 0 radical (unpaired) electrons. The van der Waals surface area contributed by atoms with E-state index < -0.39 is 43.6 Å². The lowest BCUT2D eigenvalue weighted by atomic mass is 9.74. The zero-order valence-electron chi connectivity index (χ0n) is 36.3. The standard InChI is InChI=1S/C45H72N4O7Si/c1-30(2)35(38(28-55-21-22-57(8,9)10)33-18-19-39-37(23-33)34(26-47-39)17-14-20-54-7)24-40(49-44(53)56-27-32-15-12-11-13-16-32)41(50)25-36(31(3)4)42(51)48-29-45(5,6)43(46)52/h11-13,15-16,18-19,23,26,30-31,35-36,38,40-41,47,50H,14,17,20-22,24-25,27-29H2,1-10H3,(H2,46,52)(H,48,51)(H,49,53). The van der Waals surface area contributed by atoms with Crippen molar-refractivity contribution < 1.29 is 33.7 Å². The van der Waals surface area contributed by atoms with Crippen molar-refractivity contribution in [2.45, 2.75) is 118 Å². The molecule has 1 aromatic heterocycles. The van der Waals surface area contributed by atoms with Crippen LogP contribution in [-0.4, -0.2) is 81.7 Å². The topological polar surface area (TPSA) is 165 Å². The molecule has 0 saturated heterocycles. The molecule has 0 aliphatic carbocycles. The first-order valence-corrected chi connectivity index (χ1v) is 24.4. The maximum atomic E-state index is 13.6. The van der Waals surface area contributed by atoms with E-state index in [1.807, 2.05) is 44.2 Å². The summed E-state index contributed by atoms with van der Waals surface area (Å²) in [7, 11) is 0.375. The number of primary amides is 1. The van der Waals surface area contributed by atoms with Crippen LogP contribution in [0.5, 0.6) is 0 Å². The average Bonchev–Trinajstić information content (AvgIpc) is 3.55. The van der Waals surface area contributed by atoms with Gasteiger partial charge in [-0.15, -0.1) is 0 Å². The number of rotatable bonds is 25. The van der Waals surface area contributed by atoms with Gasteiger partial charge in [0.15, 0.2) is 0 Å². The minimum atomic E-state index is -1.35. The van der Waals surface area contributed by atoms with Crippen LogP contribution in [0.3, 0.4) is 0 Å². The van der Waals surface area contributed by atoms with E-state index in [1.54, 1.807) is 21.0 Å². The van der Waals surface area contributed by atoms with Crippen molar-refractivity contribution in [2.24, 2.45) is 34.8 Å². The predicted molar refractivity (Wildman–Crippen MR) is 232 cm³/mol. The minimum Gasteiger partial charge on any atom is -0.445 e. The third-order valence-electron chi connectivity index (χ3n) is 11.2. The van der Waals surface area contributed by atoms with Crippen molar-refractivity contribution in [3.63, 3.8) is 0 Å². The second-order valence-corrected chi connectivity index (χ2v) is 23.9. The Morgan fingerprint density at radius 1 is 0.965 bits per heavy atom. The summed E-state index contributed by atoms with van der Waals surface area (Å²) in [5.41, 5.74) is 8.92. The lowest BCUT2D eigenvalue weighted by Gasteiger charge is -2.36. The number of aromatic nitrogens is 1. The van der Waals surface area contributed by atoms with Gasteiger partial charge in [-0.25, -0.2) is 4.79 Å². The number of amides is 3. The summed E-state index contributed by atoms with van der Waals surface area (Å²) in [6, 6.07) is 16.3. The molecule has 3 rings (SSSR count). The zero-order valence-corrected chi connectivity index (χ0v) is 37.3. The van der Waals surface area contributed by atoms with Crippen molar-refractivity contribution in [2.75, 3.05) is 33.5 Å². The second kappa shape index (κ2) is 22.4. The number of H-pyrrole nitrogens is 1. The summed E-state index contributed by atoms with van der Waals surface area (Å²) in [6.07, 6.45) is 2.64. The van der Waals surface area contributed by atoms with E-state index in [4.69, 9.17) is 19.9 Å². The molecule has 3 amide bonds. The van der Waals surface area contributed by atoms with E-state index in [2.05, 4.69) is 73.5 Å². The van der Waals surface area contributed by atoms with E-state index in [0.717, 1.165) is 35.5 Å². The van der Waals surface area contributed by atoms with Crippen LogP contribution in [0.1, 0.15) is 83.4 Å². The van der Waals surface area contributed by atoms with E-state index in [0.29, 0.717) is 26.2 Å². The van der Waals surface area contributed by atoms with Crippen LogP contribution in [0.15, 0.2) is 54.7 Å². The highest BCUT2D eigenvalue weighted by Gasteiger charge is 2.36. The summed E-state index contributed by atoms with van der Waals surface area (Å²) in [6.45, 7) is 20.6. The molecule has 2 aromatic carbocycles. The van der Waals surface area contributed by atoms with E-state index in [-0.39, 0.29) is 49.2 Å². The molecular formula is C45H72N4O7Si. The number of hydrogen-bond donors (Lipinski definition) is 5.